The van der Waals surface area contributed by atoms with Crippen molar-refractivity contribution in [1.82, 2.24) is 4.90 Å². The van der Waals surface area contributed by atoms with Crippen LogP contribution in [-0.2, 0) is 0 Å². The van der Waals surface area contributed by atoms with E-state index < -0.39 is 0 Å². The molecule has 0 radical (unpaired) electrons. The summed E-state index contributed by atoms with van der Waals surface area (Å²) in [6.45, 7) is 4.15. The van der Waals surface area contributed by atoms with Gasteiger partial charge in [-0.05, 0) is 0 Å². The summed E-state index contributed by atoms with van der Waals surface area (Å²) in [5.74, 6) is 0.514. The molecule has 11 heavy (non-hydrogen) atoms. The second-order valence-corrected chi connectivity index (χ2v) is 3.21. The molecule has 0 saturated carbocycles. The van der Waals surface area contributed by atoms with Crippen LogP contribution >= 0.6 is 39.9 Å². The van der Waals surface area contributed by atoms with Crippen molar-refractivity contribution in [3.8, 4) is 0 Å². The minimum Gasteiger partial charge on any atom is -0.370 e. The zero-order valence-corrected chi connectivity index (χ0v) is 10.6. The third-order valence-corrected chi connectivity index (χ3v) is 1.12. The molecule has 0 aliphatic rings. The van der Waals surface area contributed by atoms with Crippen LogP contribution in [0.1, 0.15) is 0 Å². The van der Waals surface area contributed by atoms with Gasteiger partial charge in [-0.25, -0.2) is 4.99 Å². The van der Waals surface area contributed by atoms with Gasteiger partial charge in [0.15, 0.2) is 5.96 Å². The van der Waals surface area contributed by atoms with Crippen molar-refractivity contribution in [2.75, 3.05) is 20.6 Å². The molecular weight excluding hydrogens is 321 g/mol. The van der Waals surface area contributed by atoms with E-state index in [0.29, 0.717) is 12.5 Å². The summed E-state index contributed by atoms with van der Waals surface area (Å²) < 4.78 is 0.831. The molecule has 2 N–H and O–H groups in total. The van der Waals surface area contributed by atoms with Crippen molar-refractivity contribution in [3.05, 3.63) is 11.1 Å². The van der Waals surface area contributed by atoms with E-state index in [1.165, 1.54) is 0 Å². The molecule has 0 aromatic rings. The Hall–Kier alpha value is 0.220. The molecule has 66 valence electrons. The maximum absolute atomic E-state index is 5.48. The lowest BCUT2D eigenvalue weighted by molar-refractivity contribution is 0.611. The first-order valence-electron chi connectivity index (χ1n) is 2.84. The summed E-state index contributed by atoms with van der Waals surface area (Å²) in [5.41, 5.74) is 5.48. The van der Waals surface area contributed by atoms with Crippen LogP contribution in [0, 0.1) is 0 Å². The summed E-state index contributed by atoms with van der Waals surface area (Å²) in [5, 5.41) is 0. The van der Waals surface area contributed by atoms with Gasteiger partial charge in [0.05, 0.1) is 6.54 Å². The van der Waals surface area contributed by atoms with Gasteiger partial charge in [-0.15, -0.1) is 24.0 Å². The lowest BCUT2D eigenvalue weighted by atomic mass is 10.6. The number of guanidine groups is 1. The predicted octanol–water partition coefficient (Wildman–Crippen LogP) is 1.39. The minimum absolute atomic E-state index is 0. The Morgan fingerprint density at radius 2 is 2.09 bits per heavy atom. The van der Waals surface area contributed by atoms with E-state index in [1.54, 1.807) is 4.90 Å². The van der Waals surface area contributed by atoms with Crippen LogP contribution in [0.25, 0.3) is 0 Å². The van der Waals surface area contributed by atoms with Gasteiger partial charge in [0.2, 0.25) is 0 Å². The SMILES string of the molecule is C=C(Br)CN=C(N)N(C)C.I. The molecule has 0 aliphatic heterocycles. The molecule has 0 fully saturated rings. The van der Waals surface area contributed by atoms with Gasteiger partial charge in [-0.3, -0.25) is 0 Å². The van der Waals surface area contributed by atoms with Crippen molar-refractivity contribution in [2.45, 2.75) is 0 Å². The Balaban J connectivity index is 0. The molecule has 0 amide bonds. The van der Waals surface area contributed by atoms with E-state index in [0.717, 1.165) is 4.48 Å². The highest BCUT2D eigenvalue weighted by atomic mass is 127. The first kappa shape index (κ1) is 13.8. The molecule has 0 aromatic heterocycles. The third-order valence-electron chi connectivity index (χ3n) is 0.871. The number of hydrogen-bond donors (Lipinski definition) is 1. The summed E-state index contributed by atoms with van der Waals surface area (Å²) in [6.07, 6.45) is 0. The zero-order chi connectivity index (χ0) is 8.15. The van der Waals surface area contributed by atoms with Crippen LogP contribution in [-0.4, -0.2) is 31.5 Å². The molecule has 0 atom stereocenters. The van der Waals surface area contributed by atoms with Crippen LogP contribution < -0.4 is 5.73 Å². The first-order chi connectivity index (χ1) is 4.54. The van der Waals surface area contributed by atoms with E-state index in [1.807, 2.05) is 14.1 Å². The first-order valence-corrected chi connectivity index (χ1v) is 3.64. The van der Waals surface area contributed by atoms with Gasteiger partial charge in [0.25, 0.3) is 0 Å². The molecule has 0 aliphatic carbocycles. The fourth-order valence-electron chi connectivity index (χ4n) is 0.308. The van der Waals surface area contributed by atoms with Crippen LogP contribution in [0.2, 0.25) is 0 Å². The van der Waals surface area contributed by atoms with Gasteiger partial charge in [-0.2, -0.15) is 0 Å². The molecule has 0 bridgehead atoms. The van der Waals surface area contributed by atoms with Crippen molar-refractivity contribution in [3.63, 3.8) is 0 Å². The van der Waals surface area contributed by atoms with Gasteiger partial charge >= 0.3 is 0 Å². The quantitative estimate of drug-likeness (QED) is 0.471. The molecule has 0 aromatic carbocycles. The zero-order valence-electron chi connectivity index (χ0n) is 6.67. The average molecular weight is 334 g/mol. The minimum atomic E-state index is 0. The molecule has 5 heteroatoms. The summed E-state index contributed by atoms with van der Waals surface area (Å²) in [6, 6.07) is 0. The highest BCUT2D eigenvalue weighted by Crippen LogP contribution is 1.99. The third kappa shape index (κ3) is 8.12. The molecule has 3 nitrogen and oxygen atoms in total. The maximum atomic E-state index is 5.48. The van der Waals surface area contributed by atoms with E-state index in [-0.39, 0.29) is 24.0 Å². The Bertz CT molecular complexity index is 156. The van der Waals surface area contributed by atoms with Crippen molar-refractivity contribution < 1.29 is 0 Å². The van der Waals surface area contributed by atoms with Crippen molar-refractivity contribution in [2.24, 2.45) is 10.7 Å². The van der Waals surface area contributed by atoms with Gasteiger partial charge < -0.3 is 10.6 Å². The van der Waals surface area contributed by atoms with E-state index in [4.69, 9.17) is 5.73 Å². The summed E-state index contributed by atoms with van der Waals surface area (Å²) in [4.78, 5) is 5.74. The fourth-order valence-corrected chi connectivity index (χ4v) is 0.434. The van der Waals surface area contributed by atoms with Crippen molar-refractivity contribution in [1.29, 1.82) is 0 Å². The van der Waals surface area contributed by atoms with Crippen molar-refractivity contribution >= 4 is 45.9 Å². The number of halogens is 2. The van der Waals surface area contributed by atoms with Gasteiger partial charge in [0.1, 0.15) is 0 Å². The van der Waals surface area contributed by atoms with E-state index in [9.17, 15) is 0 Å². The van der Waals surface area contributed by atoms with Crippen LogP contribution in [0.5, 0.6) is 0 Å². The highest BCUT2D eigenvalue weighted by Gasteiger charge is 1.91. The van der Waals surface area contributed by atoms with Gasteiger partial charge in [-0.1, -0.05) is 22.5 Å². The number of nitrogens with zero attached hydrogens (tertiary/aromatic N) is 2. The molecule has 0 saturated heterocycles. The molecule has 0 spiro atoms. The monoisotopic (exact) mass is 333 g/mol. The molecule has 0 heterocycles. The molecule has 0 unspecified atom stereocenters. The number of hydrogen-bond acceptors (Lipinski definition) is 1. The number of rotatable bonds is 2. The van der Waals surface area contributed by atoms with E-state index in [2.05, 4.69) is 27.5 Å². The Morgan fingerprint density at radius 3 is 2.36 bits per heavy atom. The largest absolute Gasteiger partial charge is 0.370 e. The fraction of sp³-hybridized carbons (Fsp3) is 0.500. The van der Waals surface area contributed by atoms with Crippen LogP contribution in [0.15, 0.2) is 16.1 Å². The van der Waals surface area contributed by atoms with E-state index >= 15 is 0 Å². The predicted molar refractivity (Wildman–Crippen MR) is 63.7 cm³/mol. The second-order valence-electron chi connectivity index (χ2n) is 2.09. The normalized spacial score (nSPS) is 10.3. The van der Waals surface area contributed by atoms with Crippen LogP contribution in [0.4, 0.5) is 0 Å². The second kappa shape index (κ2) is 6.90. The average Bonchev–Trinajstić information content (AvgIpc) is 1.82. The Morgan fingerprint density at radius 1 is 1.64 bits per heavy atom. The van der Waals surface area contributed by atoms with Crippen LogP contribution in [0.3, 0.4) is 0 Å². The Kier molecular flexibility index (Phi) is 8.65. The Labute approximate surface area is 92.9 Å². The lowest BCUT2D eigenvalue weighted by Gasteiger charge is -2.09. The lowest BCUT2D eigenvalue weighted by Crippen LogP contribution is -2.30. The number of aliphatic imine (C=N–C) groups is 1. The van der Waals surface area contributed by atoms with Gasteiger partial charge in [0, 0.05) is 18.6 Å². The molecule has 0 rings (SSSR count). The standard InChI is InChI=1S/C6H12BrN3.HI/c1-5(7)4-9-6(8)10(2)3;/h1,4H2,2-3H3,(H2,8,9);1H. The molecular formula is C6H13BrIN3. The number of nitrogens with two attached hydrogens (primary N) is 1. The topological polar surface area (TPSA) is 41.6 Å². The summed E-state index contributed by atoms with van der Waals surface area (Å²) in [7, 11) is 3.69. The summed E-state index contributed by atoms with van der Waals surface area (Å²) >= 11 is 3.18. The highest BCUT2D eigenvalue weighted by molar-refractivity contribution is 14.0. The maximum Gasteiger partial charge on any atom is 0.191 e. The smallest absolute Gasteiger partial charge is 0.191 e.